The molecule has 0 aromatic rings. The van der Waals surface area contributed by atoms with Gasteiger partial charge in [-0.1, -0.05) is 27.7 Å². The first kappa shape index (κ1) is 17.4. The lowest BCUT2D eigenvalue weighted by atomic mass is 10.0. The molecule has 2 amide bonds. The van der Waals surface area contributed by atoms with Gasteiger partial charge in [-0.15, -0.1) is 0 Å². The number of aliphatic carboxylic acids is 1. The van der Waals surface area contributed by atoms with Crippen LogP contribution in [0.5, 0.6) is 0 Å². The van der Waals surface area contributed by atoms with E-state index in [1.807, 2.05) is 0 Å². The molecule has 7 nitrogen and oxygen atoms in total. The zero-order valence-electron chi connectivity index (χ0n) is 11.8. The van der Waals surface area contributed by atoms with Gasteiger partial charge in [0.15, 0.2) is 0 Å². The molecule has 0 aliphatic rings. The fourth-order valence-corrected chi connectivity index (χ4v) is 1.33. The molecule has 0 radical (unpaired) electrons. The number of rotatable bonds is 7. The standard InChI is InChI=1S/C12H23N3O4/c1-6(2)9(13)11(17)14-5-8(16)15-10(7(3)4)12(18)19/h6-7,9-10H,5,13H2,1-4H3,(H,14,17)(H,15,16)(H,18,19)/t9-,10?/m0/s1. The van der Waals surface area contributed by atoms with E-state index in [0.29, 0.717) is 0 Å². The second kappa shape index (κ2) is 7.73. The number of carbonyl (C=O) groups excluding carboxylic acids is 2. The molecular weight excluding hydrogens is 250 g/mol. The van der Waals surface area contributed by atoms with Crippen LogP contribution in [-0.2, 0) is 14.4 Å². The first-order valence-corrected chi connectivity index (χ1v) is 6.22. The third-order valence-corrected chi connectivity index (χ3v) is 2.69. The number of hydrogen-bond acceptors (Lipinski definition) is 4. The summed E-state index contributed by atoms with van der Waals surface area (Å²) in [6.45, 7) is 6.68. The highest BCUT2D eigenvalue weighted by atomic mass is 16.4. The van der Waals surface area contributed by atoms with Gasteiger partial charge < -0.3 is 21.5 Å². The van der Waals surface area contributed by atoms with Gasteiger partial charge >= 0.3 is 5.97 Å². The van der Waals surface area contributed by atoms with Gasteiger partial charge in [0, 0.05) is 0 Å². The normalized spacial score (nSPS) is 14.1. The van der Waals surface area contributed by atoms with Crippen LogP contribution in [0.2, 0.25) is 0 Å². The van der Waals surface area contributed by atoms with Crippen molar-refractivity contribution in [2.24, 2.45) is 17.6 Å². The zero-order valence-corrected chi connectivity index (χ0v) is 11.8. The van der Waals surface area contributed by atoms with Crippen molar-refractivity contribution in [3.63, 3.8) is 0 Å². The monoisotopic (exact) mass is 273 g/mol. The van der Waals surface area contributed by atoms with Crippen molar-refractivity contribution in [2.75, 3.05) is 6.54 Å². The fourth-order valence-electron chi connectivity index (χ4n) is 1.33. The molecule has 2 atom stereocenters. The molecule has 110 valence electrons. The minimum absolute atomic E-state index is 0.0366. The molecule has 0 saturated carbocycles. The predicted octanol–water partition coefficient (Wildman–Crippen LogP) is -0.689. The minimum Gasteiger partial charge on any atom is -0.480 e. The van der Waals surface area contributed by atoms with E-state index in [2.05, 4.69) is 10.6 Å². The Labute approximate surface area is 112 Å². The summed E-state index contributed by atoms with van der Waals surface area (Å²) in [6, 6.07) is -1.66. The van der Waals surface area contributed by atoms with Gasteiger partial charge in [-0.25, -0.2) is 4.79 Å². The lowest BCUT2D eigenvalue weighted by molar-refractivity contribution is -0.143. The molecule has 0 saturated heterocycles. The smallest absolute Gasteiger partial charge is 0.326 e. The number of carboxylic acid groups (broad SMARTS) is 1. The lowest BCUT2D eigenvalue weighted by Gasteiger charge is -2.19. The molecule has 0 bridgehead atoms. The molecule has 0 rings (SSSR count). The van der Waals surface area contributed by atoms with Crippen LogP contribution < -0.4 is 16.4 Å². The minimum atomic E-state index is -1.10. The molecule has 0 aliphatic carbocycles. The van der Waals surface area contributed by atoms with Gasteiger partial charge in [0.25, 0.3) is 0 Å². The Hall–Kier alpha value is -1.63. The number of carbonyl (C=O) groups is 3. The molecule has 0 aromatic heterocycles. The summed E-state index contributed by atoms with van der Waals surface area (Å²) in [6.07, 6.45) is 0. The molecule has 0 spiro atoms. The van der Waals surface area contributed by atoms with E-state index in [4.69, 9.17) is 10.8 Å². The van der Waals surface area contributed by atoms with E-state index >= 15 is 0 Å². The van der Waals surface area contributed by atoms with Gasteiger partial charge in [0.05, 0.1) is 12.6 Å². The second-order valence-electron chi connectivity index (χ2n) is 5.12. The first-order chi connectivity index (χ1) is 8.66. The Morgan fingerprint density at radius 1 is 1.11 bits per heavy atom. The summed E-state index contributed by atoms with van der Waals surface area (Å²) < 4.78 is 0. The Kier molecular flexibility index (Phi) is 7.06. The average Bonchev–Trinajstić information content (AvgIpc) is 2.30. The van der Waals surface area contributed by atoms with Crippen LogP contribution >= 0.6 is 0 Å². The first-order valence-electron chi connectivity index (χ1n) is 6.22. The van der Waals surface area contributed by atoms with Crippen molar-refractivity contribution in [2.45, 2.75) is 39.8 Å². The Balaban J connectivity index is 4.26. The maximum atomic E-state index is 11.5. The van der Waals surface area contributed by atoms with Crippen LogP contribution in [0, 0.1) is 11.8 Å². The van der Waals surface area contributed by atoms with Crippen molar-refractivity contribution in [3.8, 4) is 0 Å². The van der Waals surface area contributed by atoms with Crippen molar-refractivity contribution in [1.29, 1.82) is 0 Å². The van der Waals surface area contributed by atoms with Crippen molar-refractivity contribution in [1.82, 2.24) is 10.6 Å². The Bertz CT molecular complexity index is 342. The van der Waals surface area contributed by atoms with E-state index < -0.39 is 29.9 Å². The number of nitrogens with two attached hydrogens (primary N) is 1. The van der Waals surface area contributed by atoms with E-state index in [1.165, 1.54) is 0 Å². The Morgan fingerprint density at radius 3 is 2.00 bits per heavy atom. The summed E-state index contributed by atoms with van der Waals surface area (Å²) in [7, 11) is 0. The van der Waals surface area contributed by atoms with Gasteiger partial charge in [0.1, 0.15) is 6.04 Å². The lowest BCUT2D eigenvalue weighted by Crippen LogP contribution is -2.50. The molecule has 0 heterocycles. The maximum Gasteiger partial charge on any atom is 0.326 e. The van der Waals surface area contributed by atoms with E-state index in [9.17, 15) is 14.4 Å². The second-order valence-corrected chi connectivity index (χ2v) is 5.12. The number of amides is 2. The molecule has 7 heteroatoms. The van der Waals surface area contributed by atoms with E-state index in [0.717, 1.165) is 0 Å². The van der Waals surface area contributed by atoms with Crippen LogP contribution in [0.1, 0.15) is 27.7 Å². The molecule has 1 unspecified atom stereocenters. The van der Waals surface area contributed by atoms with Gasteiger partial charge in [0.2, 0.25) is 11.8 Å². The third kappa shape index (κ3) is 6.19. The van der Waals surface area contributed by atoms with E-state index in [-0.39, 0.29) is 18.4 Å². The van der Waals surface area contributed by atoms with Crippen LogP contribution in [0.4, 0.5) is 0 Å². The van der Waals surface area contributed by atoms with Crippen molar-refractivity contribution in [3.05, 3.63) is 0 Å². The fraction of sp³-hybridized carbons (Fsp3) is 0.750. The van der Waals surface area contributed by atoms with E-state index in [1.54, 1.807) is 27.7 Å². The molecular formula is C12H23N3O4. The summed E-state index contributed by atoms with van der Waals surface area (Å²) >= 11 is 0. The predicted molar refractivity (Wildman–Crippen MR) is 70.2 cm³/mol. The van der Waals surface area contributed by atoms with Crippen molar-refractivity contribution < 1.29 is 19.5 Å². The molecule has 0 aliphatic heterocycles. The SMILES string of the molecule is CC(C)C(NC(=O)CNC(=O)[C@@H](N)C(C)C)C(=O)O. The Morgan fingerprint density at radius 2 is 1.63 bits per heavy atom. The number of carboxylic acids is 1. The van der Waals surface area contributed by atoms with Crippen molar-refractivity contribution >= 4 is 17.8 Å². The summed E-state index contributed by atoms with van der Waals surface area (Å²) in [4.78, 5) is 33.9. The third-order valence-electron chi connectivity index (χ3n) is 2.69. The summed E-state index contributed by atoms with van der Waals surface area (Å²) in [5, 5.41) is 13.6. The summed E-state index contributed by atoms with van der Waals surface area (Å²) in [5.74, 6) is -2.36. The highest BCUT2D eigenvalue weighted by Gasteiger charge is 2.24. The summed E-state index contributed by atoms with van der Waals surface area (Å²) in [5.41, 5.74) is 5.61. The maximum absolute atomic E-state index is 11.5. The molecule has 5 N–H and O–H groups in total. The van der Waals surface area contributed by atoms with Crippen LogP contribution in [-0.4, -0.2) is 41.5 Å². The van der Waals surface area contributed by atoms with Crippen LogP contribution in [0.25, 0.3) is 0 Å². The highest BCUT2D eigenvalue weighted by molar-refractivity contribution is 5.89. The van der Waals surface area contributed by atoms with Crippen LogP contribution in [0.3, 0.4) is 0 Å². The number of hydrogen-bond donors (Lipinski definition) is 4. The molecule has 0 fully saturated rings. The average molecular weight is 273 g/mol. The van der Waals surface area contributed by atoms with Crippen LogP contribution in [0.15, 0.2) is 0 Å². The topological polar surface area (TPSA) is 122 Å². The molecule has 19 heavy (non-hydrogen) atoms. The number of nitrogens with one attached hydrogen (secondary N) is 2. The van der Waals surface area contributed by atoms with Gasteiger partial charge in [-0.2, -0.15) is 0 Å². The van der Waals surface area contributed by atoms with Gasteiger partial charge in [-0.3, -0.25) is 9.59 Å². The zero-order chi connectivity index (χ0) is 15.2. The highest BCUT2D eigenvalue weighted by Crippen LogP contribution is 2.01. The quantitative estimate of drug-likeness (QED) is 0.489. The molecule has 0 aromatic carbocycles. The largest absolute Gasteiger partial charge is 0.480 e. The van der Waals surface area contributed by atoms with Gasteiger partial charge in [-0.05, 0) is 11.8 Å².